The first-order valence-corrected chi connectivity index (χ1v) is 11.1. The molecule has 2 heteroatoms. The minimum absolute atomic E-state index is 0.157. The summed E-state index contributed by atoms with van der Waals surface area (Å²) in [5.74, 6) is 2.74. The summed E-state index contributed by atoms with van der Waals surface area (Å²) < 4.78 is 12.3. The lowest BCUT2D eigenvalue weighted by Gasteiger charge is -2.28. The van der Waals surface area contributed by atoms with Crippen LogP contribution in [0.4, 0.5) is 0 Å². The van der Waals surface area contributed by atoms with Gasteiger partial charge in [-0.3, -0.25) is 0 Å². The summed E-state index contributed by atoms with van der Waals surface area (Å²) in [4.78, 5) is 0. The second kappa shape index (κ2) is 11.7. The Hall–Kier alpha value is -1.02. The molecule has 0 aromatic heterocycles. The Morgan fingerprint density at radius 3 is 2.04 bits per heavy atom. The van der Waals surface area contributed by atoms with E-state index in [4.69, 9.17) is 9.47 Å². The highest BCUT2D eigenvalue weighted by Gasteiger charge is 2.22. The van der Waals surface area contributed by atoms with E-state index in [1.54, 1.807) is 0 Å². The lowest BCUT2D eigenvalue weighted by atomic mass is 9.78. The molecule has 0 N–H and O–H groups in total. The van der Waals surface area contributed by atoms with E-state index in [2.05, 4.69) is 79.7 Å². The van der Waals surface area contributed by atoms with Crippen LogP contribution in [0.5, 0.6) is 5.75 Å². The van der Waals surface area contributed by atoms with Crippen LogP contribution in [0, 0.1) is 17.3 Å². The zero-order valence-corrected chi connectivity index (χ0v) is 19.2. The van der Waals surface area contributed by atoms with E-state index in [1.165, 1.54) is 24.8 Å². The smallest absolute Gasteiger partial charge is 0.200 e. The van der Waals surface area contributed by atoms with Crippen LogP contribution in [0.2, 0.25) is 0 Å². The van der Waals surface area contributed by atoms with Crippen molar-refractivity contribution >= 4 is 0 Å². The second-order valence-corrected chi connectivity index (χ2v) is 9.56. The lowest BCUT2D eigenvalue weighted by Crippen LogP contribution is -2.24. The average Bonchev–Trinajstić information content (AvgIpc) is 2.59. The van der Waals surface area contributed by atoms with Gasteiger partial charge in [0.2, 0.25) is 0 Å². The van der Waals surface area contributed by atoms with Gasteiger partial charge in [-0.15, -0.1) is 0 Å². The molecule has 0 heterocycles. The van der Waals surface area contributed by atoms with Crippen molar-refractivity contribution in [3.63, 3.8) is 0 Å². The molecule has 0 amide bonds. The van der Waals surface area contributed by atoms with Crippen LogP contribution in [-0.4, -0.2) is 12.9 Å². The summed E-state index contributed by atoms with van der Waals surface area (Å²) in [5, 5.41) is 0. The normalized spacial score (nSPS) is 15.6. The molecule has 1 aromatic carbocycles. The van der Waals surface area contributed by atoms with Gasteiger partial charge in [-0.2, -0.15) is 0 Å². The van der Waals surface area contributed by atoms with Gasteiger partial charge in [0.1, 0.15) is 5.75 Å². The first-order chi connectivity index (χ1) is 12.7. The second-order valence-electron chi connectivity index (χ2n) is 9.56. The van der Waals surface area contributed by atoms with E-state index < -0.39 is 0 Å². The summed E-state index contributed by atoms with van der Waals surface area (Å²) in [6.45, 7) is 18.9. The lowest BCUT2D eigenvalue weighted by molar-refractivity contribution is -0.0940. The molecule has 0 spiro atoms. The fraction of sp³-hybridized carbons (Fsp3) is 0.760. The van der Waals surface area contributed by atoms with Crippen molar-refractivity contribution in [1.29, 1.82) is 0 Å². The van der Waals surface area contributed by atoms with Crippen molar-refractivity contribution in [2.75, 3.05) is 6.61 Å². The third-order valence-corrected chi connectivity index (χ3v) is 5.71. The summed E-state index contributed by atoms with van der Waals surface area (Å²) in [6.07, 6.45) is 5.68. The standard InChI is InChI=1S/C25H44O2/c1-9-11-21(10-2)16-17-26-24(18-19(3)4)27-23-14-12-22(13-15-23)20(5)25(6,7)8/h12-15,19-21,24H,9-11,16-18H2,1-8H3. The van der Waals surface area contributed by atoms with Crippen LogP contribution in [-0.2, 0) is 4.74 Å². The molecule has 27 heavy (non-hydrogen) atoms. The van der Waals surface area contributed by atoms with Crippen molar-refractivity contribution in [2.45, 2.75) is 99.7 Å². The molecular weight excluding hydrogens is 332 g/mol. The molecule has 3 atom stereocenters. The Morgan fingerprint density at radius 1 is 0.926 bits per heavy atom. The minimum Gasteiger partial charge on any atom is -0.465 e. The van der Waals surface area contributed by atoms with Crippen molar-refractivity contribution in [2.24, 2.45) is 17.3 Å². The van der Waals surface area contributed by atoms with E-state index >= 15 is 0 Å². The van der Waals surface area contributed by atoms with Gasteiger partial charge in [-0.1, -0.05) is 86.8 Å². The van der Waals surface area contributed by atoms with Gasteiger partial charge in [0.25, 0.3) is 0 Å². The number of hydrogen-bond donors (Lipinski definition) is 0. The predicted octanol–water partition coefficient (Wildman–Crippen LogP) is 7.82. The van der Waals surface area contributed by atoms with Gasteiger partial charge in [0.05, 0.1) is 6.61 Å². The van der Waals surface area contributed by atoms with Crippen LogP contribution in [0.1, 0.15) is 99.0 Å². The molecule has 2 nitrogen and oxygen atoms in total. The number of hydrogen-bond acceptors (Lipinski definition) is 2. The van der Waals surface area contributed by atoms with E-state index in [0.717, 1.165) is 31.1 Å². The van der Waals surface area contributed by atoms with Gasteiger partial charge in [-0.25, -0.2) is 0 Å². The topological polar surface area (TPSA) is 18.5 Å². The molecule has 0 saturated heterocycles. The molecule has 3 unspecified atom stereocenters. The predicted molar refractivity (Wildman–Crippen MR) is 117 cm³/mol. The molecule has 156 valence electrons. The Kier molecular flexibility index (Phi) is 10.4. The molecule has 0 fully saturated rings. The van der Waals surface area contributed by atoms with Crippen molar-refractivity contribution in [3.05, 3.63) is 29.8 Å². The molecular formula is C25H44O2. The molecule has 0 aliphatic heterocycles. The molecule has 0 saturated carbocycles. The maximum Gasteiger partial charge on any atom is 0.200 e. The Balaban J connectivity index is 2.65. The fourth-order valence-electron chi connectivity index (χ4n) is 3.35. The third-order valence-electron chi connectivity index (χ3n) is 5.71. The monoisotopic (exact) mass is 376 g/mol. The number of ether oxygens (including phenoxy) is 2. The number of rotatable bonds is 12. The molecule has 0 aliphatic rings. The van der Waals surface area contributed by atoms with Crippen molar-refractivity contribution in [1.82, 2.24) is 0 Å². The van der Waals surface area contributed by atoms with Gasteiger partial charge in [-0.05, 0) is 47.3 Å². The van der Waals surface area contributed by atoms with Gasteiger partial charge >= 0.3 is 0 Å². The van der Waals surface area contributed by atoms with Crippen LogP contribution in [0.25, 0.3) is 0 Å². The van der Waals surface area contributed by atoms with Crippen LogP contribution in [0.3, 0.4) is 0 Å². The Labute approximate surface area is 169 Å². The van der Waals surface area contributed by atoms with Crippen LogP contribution < -0.4 is 4.74 Å². The van der Waals surface area contributed by atoms with Crippen LogP contribution >= 0.6 is 0 Å². The minimum atomic E-state index is -0.157. The molecule has 0 radical (unpaired) electrons. The SMILES string of the molecule is CCCC(CC)CCOC(CC(C)C)Oc1ccc(C(C)C(C)(C)C)cc1. The van der Waals surface area contributed by atoms with Gasteiger partial charge < -0.3 is 9.47 Å². The summed E-state index contributed by atoms with van der Waals surface area (Å²) in [5.41, 5.74) is 1.63. The van der Waals surface area contributed by atoms with E-state index in [0.29, 0.717) is 11.8 Å². The van der Waals surface area contributed by atoms with E-state index in [9.17, 15) is 0 Å². The molecule has 1 rings (SSSR count). The third kappa shape index (κ3) is 9.14. The average molecular weight is 377 g/mol. The quantitative estimate of drug-likeness (QED) is 0.346. The maximum absolute atomic E-state index is 6.20. The van der Waals surface area contributed by atoms with Crippen molar-refractivity contribution in [3.8, 4) is 5.75 Å². The molecule has 0 aliphatic carbocycles. The highest BCUT2D eigenvalue weighted by molar-refractivity contribution is 5.30. The highest BCUT2D eigenvalue weighted by atomic mass is 16.7. The largest absolute Gasteiger partial charge is 0.465 e. The van der Waals surface area contributed by atoms with Crippen LogP contribution in [0.15, 0.2) is 24.3 Å². The van der Waals surface area contributed by atoms with Gasteiger partial charge in [0, 0.05) is 6.42 Å². The zero-order chi connectivity index (χ0) is 20.4. The molecule has 1 aromatic rings. The summed E-state index contributed by atoms with van der Waals surface area (Å²) in [6, 6.07) is 8.60. The first kappa shape index (κ1) is 24.0. The van der Waals surface area contributed by atoms with E-state index in [1.807, 2.05) is 0 Å². The maximum atomic E-state index is 6.20. The molecule has 0 bridgehead atoms. The van der Waals surface area contributed by atoms with Gasteiger partial charge in [0.15, 0.2) is 6.29 Å². The Morgan fingerprint density at radius 2 is 1.56 bits per heavy atom. The zero-order valence-electron chi connectivity index (χ0n) is 19.2. The summed E-state index contributed by atoms with van der Waals surface area (Å²) in [7, 11) is 0. The highest BCUT2D eigenvalue weighted by Crippen LogP contribution is 2.35. The summed E-state index contributed by atoms with van der Waals surface area (Å²) >= 11 is 0. The van der Waals surface area contributed by atoms with Crippen molar-refractivity contribution < 1.29 is 9.47 Å². The first-order valence-electron chi connectivity index (χ1n) is 11.1. The Bertz CT molecular complexity index is 498. The number of benzene rings is 1. The fourth-order valence-corrected chi connectivity index (χ4v) is 3.35. The van der Waals surface area contributed by atoms with E-state index in [-0.39, 0.29) is 11.7 Å².